The molecule has 2 aromatic carbocycles. The van der Waals surface area contributed by atoms with Crippen molar-refractivity contribution in [1.29, 1.82) is 0 Å². The molecule has 0 saturated carbocycles. The third-order valence-corrected chi connectivity index (χ3v) is 4.14. The number of carboxylic acid groups (broad SMARTS) is 1. The zero-order chi connectivity index (χ0) is 15.9. The minimum absolute atomic E-state index is 0.0660. The fraction of sp³-hybridized carbons (Fsp3) is 0.0625. The smallest absolute Gasteiger partial charge is 0.331 e. The highest BCUT2D eigenvalue weighted by Gasteiger charge is 2.25. The first-order valence-electron chi connectivity index (χ1n) is 6.42. The van der Waals surface area contributed by atoms with Gasteiger partial charge in [0, 0.05) is 27.2 Å². The van der Waals surface area contributed by atoms with Crippen molar-refractivity contribution in [3.63, 3.8) is 0 Å². The van der Waals surface area contributed by atoms with Crippen LogP contribution >= 0.6 is 23.2 Å². The second-order valence-corrected chi connectivity index (χ2v) is 5.62. The van der Waals surface area contributed by atoms with Crippen LogP contribution in [0.25, 0.3) is 10.9 Å². The molecule has 0 bridgehead atoms. The fourth-order valence-electron chi connectivity index (χ4n) is 2.50. The van der Waals surface area contributed by atoms with Gasteiger partial charge in [-0.3, -0.25) is 0 Å². The third-order valence-electron chi connectivity index (χ3n) is 3.48. The van der Waals surface area contributed by atoms with Crippen LogP contribution in [0, 0.1) is 5.82 Å². The molecule has 22 heavy (non-hydrogen) atoms. The average Bonchev–Trinajstić information content (AvgIpc) is 2.87. The Bertz CT molecular complexity index is 876. The second kappa shape index (κ2) is 5.63. The molecule has 3 rings (SSSR count). The predicted molar refractivity (Wildman–Crippen MR) is 84.1 cm³/mol. The number of benzene rings is 2. The van der Waals surface area contributed by atoms with Crippen LogP contribution in [-0.4, -0.2) is 15.6 Å². The lowest BCUT2D eigenvalue weighted by Crippen LogP contribution is -2.20. The molecule has 1 aromatic heterocycles. The molecule has 0 saturated heterocycles. The molecular weight excluding hydrogens is 328 g/mol. The van der Waals surface area contributed by atoms with Crippen LogP contribution in [0.3, 0.4) is 0 Å². The number of fused-ring (bicyclic) bond motifs is 1. The van der Waals surface area contributed by atoms with Gasteiger partial charge in [-0.1, -0.05) is 35.3 Å². The van der Waals surface area contributed by atoms with Crippen molar-refractivity contribution in [2.24, 2.45) is 0 Å². The van der Waals surface area contributed by atoms with E-state index in [1.54, 1.807) is 35.0 Å². The van der Waals surface area contributed by atoms with Gasteiger partial charge in [-0.15, -0.1) is 0 Å². The molecule has 1 unspecified atom stereocenters. The summed E-state index contributed by atoms with van der Waals surface area (Å²) in [7, 11) is 0. The fourth-order valence-corrected chi connectivity index (χ4v) is 3.00. The van der Waals surface area contributed by atoms with E-state index in [1.165, 1.54) is 12.1 Å². The molecule has 0 aliphatic rings. The van der Waals surface area contributed by atoms with E-state index >= 15 is 0 Å². The highest BCUT2D eigenvalue weighted by molar-refractivity contribution is 6.35. The van der Waals surface area contributed by atoms with Crippen molar-refractivity contribution in [3.8, 4) is 0 Å². The van der Waals surface area contributed by atoms with Crippen molar-refractivity contribution >= 4 is 40.1 Å². The number of nitrogens with zero attached hydrogens (tertiary/aromatic N) is 1. The number of aliphatic carboxylic acids is 1. The van der Waals surface area contributed by atoms with E-state index in [4.69, 9.17) is 23.2 Å². The molecule has 0 fully saturated rings. The summed E-state index contributed by atoms with van der Waals surface area (Å²) in [6, 6.07) is 9.60. The first-order valence-corrected chi connectivity index (χ1v) is 7.17. The lowest BCUT2D eigenvalue weighted by Gasteiger charge is -2.18. The molecule has 0 aliphatic carbocycles. The average molecular weight is 338 g/mol. The first kappa shape index (κ1) is 14.9. The Morgan fingerprint density at radius 3 is 2.59 bits per heavy atom. The maximum Gasteiger partial charge on any atom is 0.331 e. The summed E-state index contributed by atoms with van der Waals surface area (Å²) in [5, 5.41) is 11.0. The van der Waals surface area contributed by atoms with E-state index < -0.39 is 17.8 Å². The van der Waals surface area contributed by atoms with Crippen LogP contribution in [0.1, 0.15) is 11.6 Å². The van der Waals surface area contributed by atoms with E-state index in [0.29, 0.717) is 16.1 Å². The van der Waals surface area contributed by atoms with Crippen molar-refractivity contribution in [1.82, 2.24) is 4.57 Å². The zero-order valence-corrected chi connectivity index (χ0v) is 12.6. The lowest BCUT2D eigenvalue weighted by atomic mass is 10.1. The van der Waals surface area contributed by atoms with Crippen molar-refractivity contribution in [3.05, 3.63) is 70.1 Å². The highest BCUT2D eigenvalue weighted by Crippen LogP contribution is 2.32. The SMILES string of the molecule is O=C(O)C(c1ccc(F)cc1Cl)n1ccc2c(Cl)cccc21. The van der Waals surface area contributed by atoms with Gasteiger partial charge in [-0.2, -0.15) is 0 Å². The van der Waals surface area contributed by atoms with E-state index in [0.717, 1.165) is 11.5 Å². The van der Waals surface area contributed by atoms with Gasteiger partial charge in [0.05, 0.1) is 5.52 Å². The van der Waals surface area contributed by atoms with Gasteiger partial charge in [0.25, 0.3) is 0 Å². The largest absolute Gasteiger partial charge is 0.479 e. The van der Waals surface area contributed by atoms with Gasteiger partial charge in [0.1, 0.15) is 5.82 Å². The number of carbonyl (C=O) groups is 1. The van der Waals surface area contributed by atoms with Crippen LogP contribution in [0.4, 0.5) is 4.39 Å². The van der Waals surface area contributed by atoms with Crippen LogP contribution in [0.2, 0.25) is 10.0 Å². The number of hydrogen-bond acceptors (Lipinski definition) is 1. The molecule has 112 valence electrons. The molecule has 3 aromatic rings. The Hall–Kier alpha value is -2.04. The zero-order valence-electron chi connectivity index (χ0n) is 11.1. The molecule has 1 heterocycles. The summed E-state index contributed by atoms with van der Waals surface area (Å²) in [5.74, 6) is -1.61. The van der Waals surface area contributed by atoms with Crippen LogP contribution in [-0.2, 0) is 4.79 Å². The number of rotatable bonds is 3. The van der Waals surface area contributed by atoms with Gasteiger partial charge in [0.2, 0.25) is 0 Å². The Morgan fingerprint density at radius 1 is 1.14 bits per heavy atom. The van der Waals surface area contributed by atoms with Crippen LogP contribution in [0.15, 0.2) is 48.7 Å². The number of halogens is 3. The first-order chi connectivity index (χ1) is 10.5. The molecular formula is C16H10Cl2FNO2. The maximum atomic E-state index is 13.2. The van der Waals surface area contributed by atoms with Gasteiger partial charge in [0.15, 0.2) is 6.04 Å². The molecule has 0 amide bonds. The summed E-state index contributed by atoms with van der Waals surface area (Å²) in [6.45, 7) is 0. The van der Waals surface area contributed by atoms with E-state index in [1.807, 2.05) is 0 Å². The number of hydrogen-bond donors (Lipinski definition) is 1. The van der Waals surface area contributed by atoms with Gasteiger partial charge >= 0.3 is 5.97 Å². The van der Waals surface area contributed by atoms with Crippen molar-refractivity contribution in [2.75, 3.05) is 0 Å². The van der Waals surface area contributed by atoms with Gasteiger partial charge in [-0.25, -0.2) is 9.18 Å². The predicted octanol–water partition coefficient (Wildman–Crippen LogP) is 4.76. The molecule has 1 N–H and O–H groups in total. The van der Waals surface area contributed by atoms with E-state index in [-0.39, 0.29) is 5.02 Å². The normalized spacial score (nSPS) is 12.5. The highest BCUT2D eigenvalue weighted by atomic mass is 35.5. The summed E-state index contributed by atoms with van der Waals surface area (Å²) in [5.41, 5.74) is 0.980. The summed E-state index contributed by atoms with van der Waals surface area (Å²) in [4.78, 5) is 11.8. The molecule has 0 aliphatic heterocycles. The monoisotopic (exact) mass is 337 g/mol. The number of aromatic nitrogens is 1. The Balaban J connectivity index is 2.23. The number of carboxylic acids is 1. The van der Waals surface area contributed by atoms with Crippen LogP contribution in [0.5, 0.6) is 0 Å². The molecule has 0 spiro atoms. The maximum absolute atomic E-state index is 13.2. The third kappa shape index (κ3) is 2.45. The van der Waals surface area contributed by atoms with Crippen LogP contribution < -0.4 is 0 Å². The molecule has 3 nitrogen and oxygen atoms in total. The minimum Gasteiger partial charge on any atom is -0.479 e. The minimum atomic E-state index is -1.09. The molecule has 1 atom stereocenters. The van der Waals surface area contributed by atoms with Crippen molar-refractivity contribution < 1.29 is 14.3 Å². The van der Waals surface area contributed by atoms with Gasteiger partial charge in [-0.05, 0) is 30.3 Å². The standard InChI is InChI=1S/C16H10Cl2FNO2/c17-12-2-1-3-14-10(12)6-7-20(14)15(16(21)22)11-5-4-9(19)8-13(11)18/h1-8,15H,(H,21,22). The summed E-state index contributed by atoms with van der Waals surface area (Å²) >= 11 is 12.1. The molecule has 6 heteroatoms. The Morgan fingerprint density at radius 2 is 1.91 bits per heavy atom. The summed E-state index contributed by atoms with van der Waals surface area (Å²) < 4.78 is 14.8. The van der Waals surface area contributed by atoms with Crippen molar-refractivity contribution in [2.45, 2.75) is 6.04 Å². The Labute approximate surface area is 135 Å². The van der Waals surface area contributed by atoms with Gasteiger partial charge < -0.3 is 9.67 Å². The second-order valence-electron chi connectivity index (χ2n) is 4.80. The topological polar surface area (TPSA) is 42.2 Å². The quantitative estimate of drug-likeness (QED) is 0.748. The molecule has 0 radical (unpaired) electrons. The Kier molecular flexibility index (Phi) is 3.81. The van der Waals surface area contributed by atoms with E-state index in [2.05, 4.69) is 0 Å². The van der Waals surface area contributed by atoms with E-state index in [9.17, 15) is 14.3 Å². The summed E-state index contributed by atoms with van der Waals surface area (Å²) in [6.07, 6.45) is 1.63. The lowest BCUT2D eigenvalue weighted by molar-refractivity contribution is -0.139.